The Morgan fingerprint density at radius 1 is 1.04 bits per heavy atom. The minimum Gasteiger partial charge on any atom is -0.495 e. The standard InChI is InChI=1S/C20H19ClN4O2/c1-12-10-13(2)23-20(22-12)25-17-7-5-4-6-15(17)19(26)24-14-8-9-18(27-3)16(21)11-14/h4-11H,1-3H3,(H,24,26)(H,22,23,25). The lowest BCUT2D eigenvalue weighted by Gasteiger charge is -2.12. The van der Waals surface area contributed by atoms with Crippen LogP contribution >= 0.6 is 11.6 Å². The highest BCUT2D eigenvalue weighted by Crippen LogP contribution is 2.28. The van der Waals surface area contributed by atoms with E-state index in [9.17, 15) is 4.79 Å². The minimum absolute atomic E-state index is 0.274. The van der Waals surface area contributed by atoms with E-state index in [2.05, 4.69) is 20.6 Å². The molecule has 0 unspecified atom stereocenters. The van der Waals surface area contributed by atoms with E-state index in [1.165, 1.54) is 7.11 Å². The second-order valence-corrected chi connectivity index (χ2v) is 6.36. The zero-order valence-corrected chi connectivity index (χ0v) is 16.0. The maximum atomic E-state index is 12.8. The largest absolute Gasteiger partial charge is 0.495 e. The zero-order chi connectivity index (χ0) is 19.4. The first-order valence-electron chi connectivity index (χ1n) is 8.29. The zero-order valence-electron chi connectivity index (χ0n) is 15.2. The van der Waals surface area contributed by atoms with E-state index in [0.29, 0.717) is 33.7 Å². The van der Waals surface area contributed by atoms with Crippen molar-refractivity contribution in [2.75, 3.05) is 17.7 Å². The summed E-state index contributed by atoms with van der Waals surface area (Å²) in [6, 6.07) is 14.1. The number of nitrogens with one attached hydrogen (secondary N) is 2. The number of nitrogens with zero attached hydrogens (tertiary/aromatic N) is 2. The number of aryl methyl sites for hydroxylation is 2. The molecule has 2 N–H and O–H groups in total. The van der Waals surface area contributed by atoms with Gasteiger partial charge in [0.1, 0.15) is 5.75 Å². The van der Waals surface area contributed by atoms with E-state index in [4.69, 9.17) is 16.3 Å². The van der Waals surface area contributed by atoms with Crippen LogP contribution in [-0.2, 0) is 0 Å². The first-order valence-corrected chi connectivity index (χ1v) is 8.67. The average Bonchev–Trinajstić information content (AvgIpc) is 2.61. The molecule has 0 bridgehead atoms. The van der Waals surface area contributed by atoms with Crippen LogP contribution in [0, 0.1) is 13.8 Å². The van der Waals surface area contributed by atoms with E-state index >= 15 is 0 Å². The molecule has 3 aromatic rings. The molecule has 0 spiro atoms. The Hall–Kier alpha value is -3.12. The molecule has 0 radical (unpaired) electrons. The Morgan fingerprint density at radius 3 is 2.41 bits per heavy atom. The van der Waals surface area contributed by atoms with E-state index in [0.717, 1.165) is 11.4 Å². The van der Waals surface area contributed by atoms with Crippen molar-refractivity contribution in [2.24, 2.45) is 0 Å². The fourth-order valence-electron chi connectivity index (χ4n) is 2.63. The van der Waals surface area contributed by atoms with E-state index < -0.39 is 0 Å². The molecule has 7 heteroatoms. The number of amides is 1. The van der Waals surface area contributed by atoms with Gasteiger partial charge in [0, 0.05) is 17.1 Å². The number of carbonyl (C=O) groups is 1. The van der Waals surface area contributed by atoms with Crippen LogP contribution in [0.4, 0.5) is 17.3 Å². The lowest BCUT2D eigenvalue weighted by molar-refractivity contribution is 0.102. The lowest BCUT2D eigenvalue weighted by atomic mass is 10.1. The third kappa shape index (κ3) is 4.54. The average molecular weight is 383 g/mol. The van der Waals surface area contributed by atoms with Crippen LogP contribution in [-0.4, -0.2) is 23.0 Å². The van der Waals surface area contributed by atoms with Crippen LogP contribution in [0.3, 0.4) is 0 Å². The van der Waals surface area contributed by atoms with Gasteiger partial charge in [0.25, 0.3) is 5.91 Å². The number of ether oxygens (including phenoxy) is 1. The topological polar surface area (TPSA) is 76.1 Å². The molecule has 0 aliphatic heterocycles. The van der Waals surface area contributed by atoms with Gasteiger partial charge in [-0.15, -0.1) is 0 Å². The molecule has 27 heavy (non-hydrogen) atoms. The number of rotatable bonds is 5. The Morgan fingerprint density at radius 2 is 1.74 bits per heavy atom. The number of carbonyl (C=O) groups excluding carboxylic acids is 1. The summed E-state index contributed by atoms with van der Waals surface area (Å²) in [5.74, 6) is 0.715. The van der Waals surface area contributed by atoms with Gasteiger partial charge in [-0.05, 0) is 50.2 Å². The van der Waals surface area contributed by atoms with Crippen molar-refractivity contribution in [1.82, 2.24) is 9.97 Å². The van der Waals surface area contributed by atoms with Gasteiger partial charge in [-0.1, -0.05) is 23.7 Å². The van der Waals surface area contributed by atoms with Crippen molar-refractivity contribution >= 4 is 34.8 Å². The first-order chi connectivity index (χ1) is 13.0. The second kappa shape index (κ2) is 8.05. The van der Waals surface area contributed by atoms with Crippen LogP contribution in [0.5, 0.6) is 5.75 Å². The molecule has 0 fully saturated rings. The molecule has 0 saturated heterocycles. The van der Waals surface area contributed by atoms with Crippen molar-refractivity contribution in [3.05, 3.63) is 70.5 Å². The quantitative estimate of drug-likeness (QED) is 0.665. The van der Waals surface area contributed by atoms with E-state index in [1.807, 2.05) is 26.0 Å². The van der Waals surface area contributed by atoms with Gasteiger partial charge >= 0.3 is 0 Å². The molecule has 138 valence electrons. The van der Waals surface area contributed by atoms with Gasteiger partial charge in [0.2, 0.25) is 5.95 Å². The number of hydrogen-bond donors (Lipinski definition) is 2. The number of methoxy groups -OCH3 is 1. The maximum Gasteiger partial charge on any atom is 0.257 e. The molecule has 3 rings (SSSR count). The first kappa shape index (κ1) is 18.7. The third-order valence-corrected chi connectivity index (χ3v) is 4.11. The monoisotopic (exact) mass is 382 g/mol. The highest BCUT2D eigenvalue weighted by molar-refractivity contribution is 6.32. The van der Waals surface area contributed by atoms with Crippen molar-refractivity contribution in [1.29, 1.82) is 0 Å². The number of anilines is 3. The van der Waals surface area contributed by atoms with Gasteiger partial charge in [-0.2, -0.15) is 0 Å². The highest BCUT2D eigenvalue weighted by atomic mass is 35.5. The molecule has 0 aliphatic carbocycles. The third-order valence-electron chi connectivity index (χ3n) is 3.81. The predicted octanol–water partition coefficient (Wildman–Crippen LogP) is 4.75. The number of aromatic nitrogens is 2. The van der Waals surface area contributed by atoms with Crippen LogP contribution in [0.1, 0.15) is 21.7 Å². The Kier molecular flexibility index (Phi) is 5.57. The van der Waals surface area contributed by atoms with Crippen LogP contribution < -0.4 is 15.4 Å². The van der Waals surface area contributed by atoms with Crippen molar-refractivity contribution in [2.45, 2.75) is 13.8 Å². The van der Waals surface area contributed by atoms with Crippen molar-refractivity contribution in [3.63, 3.8) is 0 Å². The van der Waals surface area contributed by atoms with E-state index in [-0.39, 0.29) is 5.91 Å². The highest BCUT2D eigenvalue weighted by Gasteiger charge is 2.13. The smallest absolute Gasteiger partial charge is 0.257 e. The van der Waals surface area contributed by atoms with E-state index in [1.54, 1.807) is 36.4 Å². The van der Waals surface area contributed by atoms with Gasteiger partial charge in [-0.3, -0.25) is 4.79 Å². The summed E-state index contributed by atoms with van der Waals surface area (Å²) in [4.78, 5) is 21.5. The maximum absolute atomic E-state index is 12.8. The molecule has 2 aromatic carbocycles. The summed E-state index contributed by atoms with van der Waals surface area (Å²) < 4.78 is 5.13. The summed E-state index contributed by atoms with van der Waals surface area (Å²) in [6.45, 7) is 3.79. The van der Waals surface area contributed by atoms with Gasteiger partial charge < -0.3 is 15.4 Å². The molecular formula is C20H19ClN4O2. The Balaban J connectivity index is 1.84. The minimum atomic E-state index is -0.274. The summed E-state index contributed by atoms with van der Waals surface area (Å²) in [5.41, 5.74) is 3.34. The molecule has 1 aromatic heterocycles. The van der Waals surface area contributed by atoms with Crippen LogP contribution in [0.15, 0.2) is 48.5 Å². The number of benzene rings is 2. The molecule has 1 amide bonds. The Labute approximate surface area is 162 Å². The lowest BCUT2D eigenvalue weighted by Crippen LogP contribution is -2.14. The van der Waals surface area contributed by atoms with Gasteiger partial charge in [0.15, 0.2) is 0 Å². The van der Waals surface area contributed by atoms with Crippen molar-refractivity contribution in [3.8, 4) is 5.75 Å². The van der Waals surface area contributed by atoms with Crippen molar-refractivity contribution < 1.29 is 9.53 Å². The molecular weight excluding hydrogens is 364 g/mol. The number of hydrogen-bond acceptors (Lipinski definition) is 5. The molecule has 6 nitrogen and oxygen atoms in total. The summed E-state index contributed by atoms with van der Waals surface area (Å²) >= 11 is 6.12. The van der Waals surface area contributed by atoms with Gasteiger partial charge in [0.05, 0.1) is 23.4 Å². The SMILES string of the molecule is COc1ccc(NC(=O)c2ccccc2Nc2nc(C)cc(C)n2)cc1Cl. The second-order valence-electron chi connectivity index (χ2n) is 5.95. The van der Waals surface area contributed by atoms with Crippen LogP contribution in [0.25, 0.3) is 0 Å². The summed E-state index contributed by atoms with van der Waals surface area (Å²) in [5, 5.41) is 6.38. The number of halogens is 1. The fourth-order valence-corrected chi connectivity index (χ4v) is 2.89. The van der Waals surface area contributed by atoms with Gasteiger partial charge in [-0.25, -0.2) is 9.97 Å². The number of para-hydroxylation sites is 1. The molecule has 0 aliphatic rings. The summed E-state index contributed by atoms with van der Waals surface area (Å²) in [7, 11) is 1.54. The molecule has 0 atom stereocenters. The summed E-state index contributed by atoms with van der Waals surface area (Å²) in [6.07, 6.45) is 0. The normalized spacial score (nSPS) is 10.4. The fraction of sp³-hybridized carbons (Fsp3) is 0.150. The molecule has 0 saturated carbocycles. The molecule has 1 heterocycles. The van der Waals surface area contributed by atoms with Crippen LogP contribution in [0.2, 0.25) is 5.02 Å². The Bertz CT molecular complexity index is 971. The predicted molar refractivity (Wildman–Crippen MR) is 107 cm³/mol.